The lowest BCUT2D eigenvalue weighted by Gasteiger charge is -2.04. The number of phenolic OH excluding ortho intramolecular Hbond substituents is 2. The molecule has 0 unspecified atom stereocenters. The molecule has 0 aromatic heterocycles. The Labute approximate surface area is 123 Å². The van der Waals surface area contributed by atoms with Gasteiger partial charge in [0.15, 0.2) is 16.7 Å². The highest BCUT2D eigenvalue weighted by atomic mass is 32.2. The molecule has 9 heteroatoms. The highest BCUT2D eigenvalue weighted by Crippen LogP contribution is 2.24. The number of carboxylic acids is 1. The van der Waals surface area contributed by atoms with Gasteiger partial charge in [0, 0.05) is 12.4 Å². The Kier molecular flexibility index (Phi) is 4.43. The fraction of sp³-hybridized carbons (Fsp3) is 0.167. The summed E-state index contributed by atoms with van der Waals surface area (Å²) in [6, 6.07) is 4.10. The Bertz CT molecular complexity index is 644. The second-order valence-electron chi connectivity index (χ2n) is 4.07. The van der Waals surface area contributed by atoms with Crippen molar-refractivity contribution in [1.82, 2.24) is 5.32 Å². The topological polar surface area (TPSA) is 134 Å². The van der Waals surface area contributed by atoms with Crippen LogP contribution in [0.2, 0.25) is 0 Å². The molecule has 1 heterocycles. The van der Waals surface area contributed by atoms with Crippen molar-refractivity contribution in [2.75, 3.05) is 0 Å². The maximum atomic E-state index is 11.4. The number of carbonyl (C=O) groups is 2. The summed E-state index contributed by atoms with van der Waals surface area (Å²) in [4.78, 5) is 21.9. The van der Waals surface area contributed by atoms with Crippen LogP contribution in [0.15, 0.2) is 28.4 Å². The van der Waals surface area contributed by atoms with E-state index < -0.39 is 23.5 Å². The zero-order valence-corrected chi connectivity index (χ0v) is 11.3. The van der Waals surface area contributed by atoms with Crippen molar-refractivity contribution in [3.8, 4) is 11.5 Å². The lowest BCUT2D eigenvalue weighted by atomic mass is 10.2. The van der Waals surface area contributed by atoms with Gasteiger partial charge in [-0.05, 0) is 23.8 Å². The van der Waals surface area contributed by atoms with Crippen LogP contribution in [0.3, 0.4) is 0 Å². The normalized spacial score (nSPS) is 20.1. The Hall–Kier alpha value is -2.55. The molecule has 1 aliphatic rings. The minimum absolute atomic E-state index is 0.186. The largest absolute Gasteiger partial charge is 0.550 e. The van der Waals surface area contributed by atoms with Gasteiger partial charge in [-0.1, -0.05) is 11.8 Å². The van der Waals surface area contributed by atoms with Gasteiger partial charge in [0.1, 0.15) is 0 Å². The SMILES string of the molecule is O=C([O-])C[C@H]1S/C(=N\N=C\c2ccc(O)c(O)c2)NC1=O. The molecule has 1 aromatic carbocycles. The number of carbonyl (C=O) groups excluding carboxylic acids is 2. The molecule has 2 rings (SSSR count). The monoisotopic (exact) mass is 308 g/mol. The second-order valence-corrected chi connectivity index (χ2v) is 5.26. The minimum atomic E-state index is -1.31. The summed E-state index contributed by atoms with van der Waals surface area (Å²) in [5.74, 6) is -2.31. The summed E-state index contributed by atoms with van der Waals surface area (Å²) >= 11 is 0.953. The molecule has 21 heavy (non-hydrogen) atoms. The molecule has 1 amide bonds. The molecule has 0 bridgehead atoms. The number of aliphatic carboxylic acids is 1. The number of thioether (sulfide) groups is 1. The van der Waals surface area contributed by atoms with Crippen LogP contribution >= 0.6 is 11.8 Å². The van der Waals surface area contributed by atoms with Gasteiger partial charge < -0.3 is 25.4 Å². The summed E-state index contributed by atoms with van der Waals surface area (Å²) in [7, 11) is 0. The number of hydrogen-bond donors (Lipinski definition) is 3. The summed E-state index contributed by atoms with van der Waals surface area (Å²) in [5.41, 5.74) is 0.496. The van der Waals surface area contributed by atoms with Crippen LogP contribution in [0.1, 0.15) is 12.0 Å². The molecule has 1 atom stereocenters. The Morgan fingerprint density at radius 2 is 2.19 bits per heavy atom. The van der Waals surface area contributed by atoms with Crippen LogP contribution in [0.4, 0.5) is 0 Å². The first-order valence-electron chi connectivity index (χ1n) is 5.76. The number of benzene rings is 1. The van der Waals surface area contributed by atoms with Gasteiger partial charge in [-0.15, -0.1) is 5.10 Å². The van der Waals surface area contributed by atoms with Crippen molar-refractivity contribution < 1.29 is 24.9 Å². The van der Waals surface area contributed by atoms with E-state index in [-0.39, 0.29) is 16.7 Å². The Morgan fingerprint density at radius 3 is 2.86 bits per heavy atom. The van der Waals surface area contributed by atoms with E-state index in [0.717, 1.165) is 11.8 Å². The number of phenols is 2. The molecule has 0 aliphatic carbocycles. The summed E-state index contributed by atoms with van der Waals surface area (Å²) in [6.45, 7) is 0. The van der Waals surface area contributed by atoms with E-state index >= 15 is 0 Å². The van der Waals surface area contributed by atoms with Crippen molar-refractivity contribution in [3.63, 3.8) is 0 Å². The fourth-order valence-electron chi connectivity index (χ4n) is 1.51. The quantitative estimate of drug-likeness (QED) is 0.377. The van der Waals surface area contributed by atoms with Gasteiger partial charge in [-0.2, -0.15) is 5.10 Å². The number of aromatic hydroxyl groups is 2. The van der Waals surface area contributed by atoms with Crippen molar-refractivity contribution >= 4 is 35.0 Å². The van der Waals surface area contributed by atoms with Gasteiger partial charge in [-0.25, -0.2) is 0 Å². The van der Waals surface area contributed by atoms with E-state index in [1.54, 1.807) is 0 Å². The molecule has 110 valence electrons. The molecular formula is C12H10N3O5S-. The second kappa shape index (κ2) is 6.27. The minimum Gasteiger partial charge on any atom is -0.550 e. The first-order valence-corrected chi connectivity index (χ1v) is 6.64. The van der Waals surface area contributed by atoms with E-state index in [1.165, 1.54) is 24.4 Å². The van der Waals surface area contributed by atoms with Crippen LogP contribution in [0, 0.1) is 0 Å². The maximum Gasteiger partial charge on any atom is 0.239 e. The third kappa shape index (κ3) is 3.96. The zero-order chi connectivity index (χ0) is 15.4. The molecule has 0 spiro atoms. The number of amidine groups is 1. The molecule has 0 saturated carbocycles. The molecule has 1 saturated heterocycles. The van der Waals surface area contributed by atoms with Crippen molar-refractivity contribution in [2.45, 2.75) is 11.7 Å². The third-order valence-electron chi connectivity index (χ3n) is 2.48. The molecular weight excluding hydrogens is 298 g/mol. The van der Waals surface area contributed by atoms with Crippen molar-refractivity contribution in [2.24, 2.45) is 10.2 Å². The van der Waals surface area contributed by atoms with E-state index in [4.69, 9.17) is 5.11 Å². The van der Waals surface area contributed by atoms with Crippen LogP contribution < -0.4 is 10.4 Å². The average Bonchev–Trinajstić information content (AvgIpc) is 2.73. The van der Waals surface area contributed by atoms with Crippen LogP contribution in [0.5, 0.6) is 11.5 Å². The number of amides is 1. The highest BCUT2D eigenvalue weighted by Gasteiger charge is 2.30. The lowest BCUT2D eigenvalue weighted by molar-refractivity contribution is -0.305. The number of rotatable bonds is 4. The molecule has 0 radical (unpaired) electrons. The number of hydrogen-bond acceptors (Lipinski definition) is 8. The summed E-state index contributed by atoms with van der Waals surface area (Å²) < 4.78 is 0. The lowest BCUT2D eigenvalue weighted by Crippen LogP contribution is -2.31. The van der Waals surface area contributed by atoms with E-state index in [1.807, 2.05) is 0 Å². The zero-order valence-electron chi connectivity index (χ0n) is 10.5. The number of carboxylic acid groups (broad SMARTS) is 1. The Morgan fingerprint density at radius 1 is 1.43 bits per heavy atom. The van der Waals surface area contributed by atoms with E-state index in [0.29, 0.717) is 5.56 Å². The van der Waals surface area contributed by atoms with E-state index in [9.17, 15) is 19.8 Å². The first kappa shape index (κ1) is 14.9. The summed E-state index contributed by atoms with van der Waals surface area (Å²) in [5, 5.41) is 38.1. The molecule has 1 fully saturated rings. The molecule has 1 aliphatic heterocycles. The van der Waals surface area contributed by atoms with Gasteiger partial charge in [-0.3, -0.25) is 4.79 Å². The highest BCUT2D eigenvalue weighted by molar-refractivity contribution is 8.15. The van der Waals surface area contributed by atoms with Crippen LogP contribution in [-0.4, -0.2) is 38.7 Å². The first-order chi connectivity index (χ1) is 9.95. The van der Waals surface area contributed by atoms with Crippen LogP contribution in [0.25, 0.3) is 0 Å². The average molecular weight is 308 g/mol. The summed E-state index contributed by atoms with van der Waals surface area (Å²) in [6.07, 6.45) is 0.913. The smallest absolute Gasteiger partial charge is 0.239 e. The van der Waals surface area contributed by atoms with Crippen LogP contribution in [-0.2, 0) is 9.59 Å². The van der Waals surface area contributed by atoms with Gasteiger partial charge >= 0.3 is 0 Å². The molecule has 3 N–H and O–H groups in total. The number of nitrogens with one attached hydrogen (secondary N) is 1. The standard InChI is InChI=1S/C12H11N3O5S/c16-7-2-1-6(3-8(7)17)5-13-15-12-14-11(20)9(21-12)4-10(18)19/h1-3,5,9,16-17H,4H2,(H,18,19)(H,14,15,20)/p-1/b13-5+/t9-/m1/s1. The van der Waals surface area contributed by atoms with Gasteiger partial charge in [0.05, 0.1) is 11.5 Å². The predicted molar refractivity (Wildman–Crippen MR) is 73.9 cm³/mol. The Balaban J connectivity index is 2.01. The van der Waals surface area contributed by atoms with Crippen molar-refractivity contribution in [1.29, 1.82) is 0 Å². The van der Waals surface area contributed by atoms with Gasteiger partial charge in [0.2, 0.25) is 5.91 Å². The number of nitrogens with zero attached hydrogens (tertiary/aromatic N) is 2. The molecule has 1 aromatic rings. The van der Waals surface area contributed by atoms with Crippen molar-refractivity contribution in [3.05, 3.63) is 23.8 Å². The van der Waals surface area contributed by atoms with Gasteiger partial charge in [0.25, 0.3) is 0 Å². The fourth-order valence-corrected chi connectivity index (χ4v) is 2.42. The maximum absolute atomic E-state index is 11.4. The third-order valence-corrected chi connectivity index (χ3v) is 3.56. The molecule has 8 nitrogen and oxygen atoms in total. The predicted octanol–water partition coefficient (Wildman–Crippen LogP) is -0.841. The van der Waals surface area contributed by atoms with E-state index in [2.05, 4.69) is 15.5 Å².